The van der Waals surface area contributed by atoms with Gasteiger partial charge in [0, 0.05) is 0 Å². The lowest BCUT2D eigenvalue weighted by Crippen LogP contribution is -2.38. The number of nitrogens with one attached hydrogen (secondary N) is 1. The van der Waals surface area contributed by atoms with E-state index in [1.54, 1.807) is 6.07 Å². The Morgan fingerprint density at radius 2 is 2.11 bits per heavy atom. The van der Waals surface area contributed by atoms with Gasteiger partial charge in [-0.2, -0.15) is 0 Å². The summed E-state index contributed by atoms with van der Waals surface area (Å²) in [5.41, 5.74) is 0.574. The van der Waals surface area contributed by atoms with Crippen LogP contribution < -0.4 is 5.32 Å². The van der Waals surface area contributed by atoms with Crippen LogP contribution in [-0.4, -0.2) is 17.0 Å². The van der Waals surface area contributed by atoms with E-state index >= 15 is 0 Å². The number of halogens is 1. The van der Waals surface area contributed by atoms with Crippen LogP contribution in [0.15, 0.2) is 18.2 Å². The molecule has 100 valence electrons. The number of aliphatic carboxylic acids is 1. The molecule has 0 radical (unpaired) electrons. The second-order valence-corrected chi connectivity index (χ2v) is 5.30. The zero-order valence-corrected chi connectivity index (χ0v) is 10.3. The second kappa shape index (κ2) is 4.05. The maximum Gasteiger partial charge on any atom is 0.319 e. The molecule has 4 nitrogen and oxygen atoms in total. The highest BCUT2D eigenvalue weighted by molar-refractivity contribution is 6.05. The van der Waals surface area contributed by atoms with E-state index in [9.17, 15) is 14.0 Å². The molecule has 0 bridgehead atoms. The standard InChI is InChI=1S/C14H14FNO3/c15-9-2-3-10-8(7-9)1-4-11(10)16-12(17)14(5-6-14)13(18)19/h2-3,7,11H,1,4-6H2,(H,16,17)(H,18,19)/t11-/m1/s1. The van der Waals surface area contributed by atoms with Crippen molar-refractivity contribution in [3.63, 3.8) is 0 Å². The Morgan fingerprint density at radius 3 is 2.74 bits per heavy atom. The fraction of sp³-hybridized carbons (Fsp3) is 0.429. The maximum atomic E-state index is 13.1. The average Bonchev–Trinajstić information content (AvgIpc) is 3.09. The Morgan fingerprint density at radius 1 is 1.37 bits per heavy atom. The zero-order valence-electron chi connectivity index (χ0n) is 10.3. The Labute approximate surface area is 109 Å². The number of benzene rings is 1. The molecule has 1 aromatic rings. The molecule has 1 fully saturated rings. The van der Waals surface area contributed by atoms with Gasteiger partial charge >= 0.3 is 5.97 Å². The number of hydrogen-bond donors (Lipinski definition) is 2. The number of carboxylic acids is 1. The Kier molecular flexibility index (Phi) is 2.59. The van der Waals surface area contributed by atoms with Gasteiger partial charge in [-0.25, -0.2) is 4.39 Å². The predicted octanol–water partition coefficient (Wildman–Crippen LogP) is 1.79. The van der Waals surface area contributed by atoms with E-state index in [2.05, 4.69) is 5.32 Å². The highest BCUT2D eigenvalue weighted by atomic mass is 19.1. The largest absolute Gasteiger partial charge is 0.480 e. The number of fused-ring (bicyclic) bond motifs is 1. The van der Waals surface area contributed by atoms with E-state index < -0.39 is 17.3 Å². The zero-order chi connectivity index (χ0) is 13.6. The summed E-state index contributed by atoms with van der Waals surface area (Å²) in [5.74, 6) is -1.75. The van der Waals surface area contributed by atoms with Gasteiger partial charge in [-0.3, -0.25) is 9.59 Å². The second-order valence-electron chi connectivity index (χ2n) is 5.30. The van der Waals surface area contributed by atoms with Gasteiger partial charge < -0.3 is 10.4 Å². The maximum absolute atomic E-state index is 13.1. The minimum Gasteiger partial charge on any atom is -0.480 e. The molecule has 2 aliphatic carbocycles. The van der Waals surface area contributed by atoms with Gasteiger partial charge in [-0.1, -0.05) is 6.07 Å². The van der Waals surface area contributed by atoms with Crippen LogP contribution in [0.5, 0.6) is 0 Å². The van der Waals surface area contributed by atoms with Crippen LogP contribution >= 0.6 is 0 Å². The first kappa shape index (κ1) is 12.1. The third-order valence-corrected chi connectivity index (χ3v) is 4.08. The van der Waals surface area contributed by atoms with Gasteiger partial charge in [0.1, 0.15) is 11.2 Å². The molecule has 1 saturated carbocycles. The smallest absolute Gasteiger partial charge is 0.319 e. The predicted molar refractivity (Wildman–Crippen MR) is 64.9 cm³/mol. The molecule has 19 heavy (non-hydrogen) atoms. The van der Waals surface area contributed by atoms with Crippen LogP contribution in [0.1, 0.15) is 36.4 Å². The van der Waals surface area contributed by atoms with Crippen molar-refractivity contribution < 1.29 is 19.1 Å². The number of carboxylic acid groups (broad SMARTS) is 1. The van der Waals surface area contributed by atoms with Crippen molar-refractivity contribution in [3.8, 4) is 0 Å². The Balaban J connectivity index is 1.77. The summed E-state index contributed by atoms with van der Waals surface area (Å²) in [6, 6.07) is 4.32. The third-order valence-electron chi connectivity index (χ3n) is 4.08. The monoisotopic (exact) mass is 263 g/mol. The van der Waals surface area contributed by atoms with Gasteiger partial charge in [0.25, 0.3) is 0 Å². The van der Waals surface area contributed by atoms with Crippen LogP contribution in [0.2, 0.25) is 0 Å². The minimum atomic E-state index is -1.22. The van der Waals surface area contributed by atoms with E-state index in [0.717, 1.165) is 11.1 Å². The lowest BCUT2D eigenvalue weighted by atomic mass is 10.0. The van der Waals surface area contributed by atoms with Crippen molar-refractivity contribution in [1.29, 1.82) is 0 Å². The molecule has 0 unspecified atom stereocenters. The number of carbonyl (C=O) groups is 2. The van der Waals surface area contributed by atoms with Crippen molar-refractivity contribution in [2.75, 3.05) is 0 Å². The summed E-state index contributed by atoms with van der Waals surface area (Å²) >= 11 is 0. The lowest BCUT2D eigenvalue weighted by Gasteiger charge is -2.17. The van der Waals surface area contributed by atoms with Crippen LogP contribution in [0.3, 0.4) is 0 Å². The van der Waals surface area contributed by atoms with Gasteiger partial charge in [0.2, 0.25) is 5.91 Å². The molecular weight excluding hydrogens is 249 g/mol. The highest BCUT2D eigenvalue weighted by Crippen LogP contribution is 2.47. The fourth-order valence-corrected chi connectivity index (χ4v) is 2.70. The molecule has 5 heteroatoms. The topological polar surface area (TPSA) is 66.4 Å². The highest BCUT2D eigenvalue weighted by Gasteiger charge is 2.57. The van der Waals surface area contributed by atoms with Gasteiger partial charge in [0.05, 0.1) is 6.04 Å². The summed E-state index contributed by atoms with van der Waals surface area (Å²) in [4.78, 5) is 23.1. The van der Waals surface area contributed by atoms with E-state index in [-0.39, 0.29) is 11.9 Å². The fourth-order valence-electron chi connectivity index (χ4n) is 2.70. The summed E-state index contributed by atoms with van der Waals surface area (Å²) in [7, 11) is 0. The lowest BCUT2D eigenvalue weighted by molar-refractivity contribution is -0.149. The Hall–Kier alpha value is -1.91. The van der Waals surface area contributed by atoms with Crippen LogP contribution in [-0.2, 0) is 16.0 Å². The first-order valence-electron chi connectivity index (χ1n) is 6.36. The normalized spacial score (nSPS) is 22.7. The van der Waals surface area contributed by atoms with Crippen molar-refractivity contribution in [1.82, 2.24) is 5.32 Å². The quantitative estimate of drug-likeness (QED) is 0.817. The molecule has 0 aromatic heterocycles. The van der Waals surface area contributed by atoms with E-state index in [1.807, 2.05) is 0 Å². The molecule has 1 aromatic carbocycles. The van der Waals surface area contributed by atoms with Crippen molar-refractivity contribution in [2.45, 2.75) is 31.7 Å². The number of rotatable bonds is 3. The van der Waals surface area contributed by atoms with Gasteiger partial charge in [0.15, 0.2) is 0 Å². The van der Waals surface area contributed by atoms with Crippen LogP contribution in [0.25, 0.3) is 0 Å². The number of carbonyl (C=O) groups excluding carboxylic acids is 1. The SMILES string of the molecule is O=C(O)C1(C(=O)N[C@@H]2CCc3cc(F)ccc32)CC1. The van der Waals surface area contributed by atoms with E-state index in [1.165, 1.54) is 12.1 Å². The molecule has 2 N–H and O–H groups in total. The molecule has 1 atom stereocenters. The average molecular weight is 263 g/mol. The van der Waals surface area contributed by atoms with Gasteiger partial charge in [-0.15, -0.1) is 0 Å². The van der Waals surface area contributed by atoms with Crippen molar-refractivity contribution in [3.05, 3.63) is 35.1 Å². The third kappa shape index (κ3) is 1.89. The summed E-state index contributed by atoms with van der Waals surface area (Å²) in [6.07, 6.45) is 2.20. The van der Waals surface area contributed by atoms with E-state index in [4.69, 9.17) is 5.11 Å². The van der Waals surface area contributed by atoms with Crippen LogP contribution in [0.4, 0.5) is 4.39 Å². The molecular formula is C14H14FNO3. The van der Waals surface area contributed by atoms with E-state index in [0.29, 0.717) is 25.7 Å². The van der Waals surface area contributed by atoms with Crippen LogP contribution in [0, 0.1) is 11.2 Å². The molecule has 0 heterocycles. The number of aryl methyl sites for hydroxylation is 1. The molecule has 0 spiro atoms. The van der Waals surface area contributed by atoms with Crippen molar-refractivity contribution >= 4 is 11.9 Å². The van der Waals surface area contributed by atoms with Crippen molar-refractivity contribution in [2.24, 2.45) is 5.41 Å². The number of hydrogen-bond acceptors (Lipinski definition) is 2. The summed E-state index contributed by atoms with van der Waals surface area (Å²) in [5, 5.41) is 11.9. The van der Waals surface area contributed by atoms with Gasteiger partial charge in [-0.05, 0) is 48.9 Å². The first-order chi connectivity index (χ1) is 9.03. The number of amides is 1. The summed E-state index contributed by atoms with van der Waals surface area (Å²) < 4.78 is 13.1. The molecule has 3 rings (SSSR count). The first-order valence-corrected chi connectivity index (χ1v) is 6.36. The summed E-state index contributed by atoms with van der Waals surface area (Å²) in [6.45, 7) is 0. The molecule has 2 aliphatic rings. The minimum absolute atomic E-state index is 0.195. The molecule has 1 amide bonds. The Bertz CT molecular complexity index is 566. The molecule has 0 saturated heterocycles. The molecule has 0 aliphatic heterocycles.